The molecule has 2 aromatic rings. The van der Waals surface area contributed by atoms with Crippen LogP contribution in [0.25, 0.3) is 12.3 Å². The predicted octanol–water partition coefficient (Wildman–Crippen LogP) is 1.45. The Hall–Kier alpha value is -4.14. The van der Waals surface area contributed by atoms with E-state index in [4.69, 9.17) is 0 Å². The predicted molar refractivity (Wildman–Crippen MR) is 142 cm³/mol. The Morgan fingerprint density at radius 1 is 0.974 bits per heavy atom. The first-order valence-electron chi connectivity index (χ1n) is 12.6. The van der Waals surface area contributed by atoms with E-state index in [0.29, 0.717) is 24.1 Å². The molecule has 9 heteroatoms. The van der Waals surface area contributed by atoms with Crippen LogP contribution >= 0.6 is 0 Å². The van der Waals surface area contributed by atoms with E-state index in [-0.39, 0.29) is 12.3 Å². The number of aliphatic carboxylic acids is 2. The van der Waals surface area contributed by atoms with E-state index < -0.39 is 46.7 Å². The maximum absolute atomic E-state index is 13.1. The van der Waals surface area contributed by atoms with E-state index in [2.05, 4.69) is 16.0 Å². The molecule has 2 aromatic carbocycles. The number of fused-ring (bicyclic) bond motifs is 1. The largest absolute Gasteiger partial charge is 0.481 e. The number of benzene rings is 2. The standard InChI is InChI=1S/C29H33N3O6/c1-28(2)21(12-13-29(28,3)27(37)38)24(33)32-23(26(35)36)14-17-8-10-20(11-9-17)31-25(34)22-15-18-6-4-5-7-19(18)16-30-22/h4-11,15-16,21-23,30H,12-14H2,1-3H3,(H,31,34)(H,32,33)(H,35,36)(H,37,38)/t21-,22?,23+,29+/m1/s1. The molecule has 0 saturated heterocycles. The van der Waals surface area contributed by atoms with E-state index >= 15 is 0 Å². The van der Waals surface area contributed by atoms with E-state index in [1.807, 2.05) is 30.3 Å². The summed E-state index contributed by atoms with van der Waals surface area (Å²) in [6.45, 7) is 5.13. The number of hydrogen-bond donors (Lipinski definition) is 5. The highest BCUT2D eigenvalue weighted by molar-refractivity contribution is 5.99. The van der Waals surface area contributed by atoms with Crippen LogP contribution in [0.4, 0.5) is 5.69 Å². The summed E-state index contributed by atoms with van der Waals surface area (Å²) in [4.78, 5) is 49.6. The SMILES string of the molecule is CC1(C)[C@@H](C(=O)N[C@@H](Cc2ccc(NC(=O)C3C=c4ccccc4=CN3)cc2)C(=O)O)CC[C@@]1(C)C(=O)O. The van der Waals surface area contributed by atoms with Crippen LogP contribution in [0.5, 0.6) is 0 Å². The normalized spacial score (nSPS) is 24.0. The van der Waals surface area contributed by atoms with E-state index in [0.717, 1.165) is 10.4 Å². The molecule has 1 fully saturated rings. The third-order valence-electron chi connectivity index (χ3n) is 8.33. The monoisotopic (exact) mass is 519 g/mol. The fourth-order valence-corrected chi connectivity index (χ4v) is 5.35. The zero-order valence-corrected chi connectivity index (χ0v) is 21.7. The second kappa shape index (κ2) is 10.3. The number of carbonyl (C=O) groups excluding carboxylic acids is 2. The van der Waals surface area contributed by atoms with Gasteiger partial charge in [-0.25, -0.2) is 4.79 Å². The van der Waals surface area contributed by atoms with Crippen molar-refractivity contribution < 1.29 is 29.4 Å². The van der Waals surface area contributed by atoms with Gasteiger partial charge in [-0.3, -0.25) is 14.4 Å². The van der Waals surface area contributed by atoms with Gasteiger partial charge in [0.1, 0.15) is 12.1 Å². The molecule has 9 nitrogen and oxygen atoms in total. The maximum atomic E-state index is 13.1. The van der Waals surface area contributed by atoms with E-state index in [1.165, 1.54) is 0 Å². The lowest BCUT2D eigenvalue weighted by molar-refractivity contribution is -0.155. The lowest BCUT2D eigenvalue weighted by atomic mass is 9.65. The second-order valence-corrected chi connectivity index (χ2v) is 10.8. The molecule has 200 valence electrons. The van der Waals surface area contributed by atoms with E-state index in [1.54, 1.807) is 51.2 Å². The Morgan fingerprint density at radius 3 is 2.24 bits per heavy atom. The van der Waals surface area contributed by atoms with Crippen molar-refractivity contribution in [2.75, 3.05) is 5.32 Å². The minimum atomic E-state index is -1.18. The summed E-state index contributed by atoms with van der Waals surface area (Å²) in [6, 6.07) is 12.8. The minimum Gasteiger partial charge on any atom is -0.481 e. The van der Waals surface area contributed by atoms with Crippen LogP contribution in [-0.4, -0.2) is 46.0 Å². The van der Waals surface area contributed by atoms with Crippen molar-refractivity contribution in [2.24, 2.45) is 16.7 Å². The van der Waals surface area contributed by atoms with Crippen LogP contribution in [0.3, 0.4) is 0 Å². The Balaban J connectivity index is 1.38. The average molecular weight is 520 g/mol. The summed E-state index contributed by atoms with van der Waals surface area (Å²) in [5.74, 6) is -3.43. The van der Waals surface area contributed by atoms with Crippen molar-refractivity contribution in [2.45, 2.75) is 52.1 Å². The maximum Gasteiger partial charge on any atom is 0.326 e. The first-order valence-corrected chi connectivity index (χ1v) is 12.6. The molecule has 38 heavy (non-hydrogen) atoms. The fourth-order valence-electron chi connectivity index (χ4n) is 5.35. The topological polar surface area (TPSA) is 145 Å². The molecular formula is C29H33N3O6. The third-order valence-corrected chi connectivity index (χ3v) is 8.33. The zero-order valence-electron chi connectivity index (χ0n) is 21.7. The lowest BCUT2D eigenvalue weighted by Crippen LogP contribution is -2.49. The van der Waals surface area contributed by atoms with Crippen molar-refractivity contribution in [1.29, 1.82) is 0 Å². The molecule has 0 radical (unpaired) electrons. The first-order chi connectivity index (χ1) is 17.9. The summed E-state index contributed by atoms with van der Waals surface area (Å²) in [7, 11) is 0. The molecule has 1 heterocycles. The number of carboxylic acids is 2. The van der Waals surface area contributed by atoms with Gasteiger partial charge in [0.15, 0.2) is 0 Å². The first kappa shape index (κ1) is 26.9. The molecule has 1 saturated carbocycles. The van der Waals surface area contributed by atoms with Gasteiger partial charge in [-0.15, -0.1) is 0 Å². The summed E-state index contributed by atoms with van der Waals surface area (Å²) < 4.78 is 0. The summed E-state index contributed by atoms with van der Waals surface area (Å²) >= 11 is 0. The Morgan fingerprint density at radius 2 is 1.63 bits per heavy atom. The molecule has 4 atom stereocenters. The van der Waals surface area contributed by atoms with Crippen LogP contribution in [0, 0.1) is 16.7 Å². The molecule has 1 aliphatic heterocycles. The van der Waals surface area contributed by atoms with Crippen LogP contribution in [-0.2, 0) is 25.6 Å². The smallest absolute Gasteiger partial charge is 0.326 e. The average Bonchev–Trinajstić information content (AvgIpc) is 3.13. The van der Waals surface area contributed by atoms with Crippen molar-refractivity contribution in [3.05, 3.63) is 64.5 Å². The molecule has 5 N–H and O–H groups in total. The number of rotatable bonds is 8. The number of amides is 2. The van der Waals surface area contributed by atoms with Gasteiger partial charge in [-0.1, -0.05) is 50.2 Å². The van der Waals surface area contributed by atoms with Gasteiger partial charge in [0.25, 0.3) is 5.91 Å². The number of hydrogen-bond acceptors (Lipinski definition) is 5. The van der Waals surface area contributed by atoms with Crippen molar-refractivity contribution in [3.8, 4) is 0 Å². The zero-order chi connectivity index (χ0) is 27.7. The van der Waals surface area contributed by atoms with Crippen molar-refractivity contribution in [3.63, 3.8) is 0 Å². The van der Waals surface area contributed by atoms with Gasteiger partial charge in [-0.05, 0) is 59.4 Å². The van der Waals surface area contributed by atoms with Gasteiger partial charge in [0, 0.05) is 24.2 Å². The van der Waals surface area contributed by atoms with E-state index in [9.17, 15) is 29.4 Å². The van der Waals surface area contributed by atoms with Crippen LogP contribution in [0.1, 0.15) is 39.2 Å². The van der Waals surface area contributed by atoms with Crippen LogP contribution in [0.15, 0.2) is 48.5 Å². The highest BCUT2D eigenvalue weighted by Gasteiger charge is 2.58. The molecule has 0 spiro atoms. The van der Waals surface area contributed by atoms with Crippen molar-refractivity contribution in [1.82, 2.24) is 10.6 Å². The summed E-state index contributed by atoms with van der Waals surface area (Å²) in [5, 5.41) is 30.0. The molecule has 0 aromatic heterocycles. The minimum absolute atomic E-state index is 0.0440. The number of anilines is 1. The highest BCUT2D eigenvalue weighted by atomic mass is 16.4. The Labute approximate surface area is 220 Å². The molecule has 2 amide bonds. The van der Waals surface area contributed by atoms with Crippen LogP contribution < -0.4 is 26.4 Å². The molecule has 1 aliphatic carbocycles. The van der Waals surface area contributed by atoms with Crippen LogP contribution in [0.2, 0.25) is 0 Å². The molecule has 2 aliphatic rings. The van der Waals surface area contributed by atoms with Gasteiger partial charge in [0.05, 0.1) is 5.41 Å². The summed E-state index contributed by atoms with van der Waals surface area (Å²) in [5.41, 5.74) is -0.679. The van der Waals surface area contributed by atoms with Gasteiger partial charge in [-0.2, -0.15) is 0 Å². The quantitative estimate of drug-likeness (QED) is 0.355. The van der Waals surface area contributed by atoms with Gasteiger partial charge >= 0.3 is 11.9 Å². The lowest BCUT2D eigenvalue weighted by Gasteiger charge is -2.38. The number of carboxylic acid groups (broad SMARTS) is 2. The van der Waals surface area contributed by atoms with Gasteiger partial charge in [0.2, 0.25) is 5.91 Å². The molecule has 4 rings (SSSR count). The second-order valence-electron chi connectivity index (χ2n) is 10.8. The Bertz CT molecular complexity index is 1380. The Kier molecular flexibility index (Phi) is 7.31. The number of carbonyl (C=O) groups is 4. The summed E-state index contributed by atoms with van der Waals surface area (Å²) in [6.07, 6.45) is 4.42. The van der Waals surface area contributed by atoms with Crippen molar-refractivity contribution >= 4 is 41.7 Å². The van der Waals surface area contributed by atoms with Gasteiger partial charge < -0.3 is 26.2 Å². The third kappa shape index (κ3) is 5.14. The number of nitrogens with one attached hydrogen (secondary N) is 3. The molecule has 1 unspecified atom stereocenters. The molecular weight excluding hydrogens is 486 g/mol. The fraction of sp³-hybridized carbons (Fsp3) is 0.379. The highest BCUT2D eigenvalue weighted by Crippen LogP contribution is 2.56. The molecule has 0 bridgehead atoms.